The Morgan fingerprint density at radius 2 is 2.16 bits per heavy atom. The van der Waals surface area contributed by atoms with Crippen LogP contribution in [0.25, 0.3) is 10.2 Å². The average molecular weight is 358 g/mol. The fourth-order valence-electron chi connectivity index (χ4n) is 4.15. The van der Waals surface area contributed by atoms with Crippen molar-refractivity contribution in [3.05, 3.63) is 26.6 Å². The Kier molecular flexibility index (Phi) is 3.67. The molecule has 1 unspecified atom stereocenters. The molecule has 0 radical (unpaired) electrons. The minimum atomic E-state index is -0.0880. The second-order valence-electron chi connectivity index (χ2n) is 7.46. The third-order valence-electron chi connectivity index (χ3n) is 5.57. The van der Waals surface area contributed by atoms with Gasteiger partial charge in [0.25, 0.3) is 5.56 Å². The van der Waals surface area contributed by atoms with Gasteiger partial charge >= 0.3 is 0 Å². The normalized spacial score (nSPS) is 23.3. The number of nitrogens with zero attached hydrogens (tertiary/aromatic N) is 2. The van der Waals surface area contributed by atoms with Crippen molar-refractivity contribution in [2.75, 3.05) is 6.54 Å². The van der Waals surface area contributed by atoms with Gasteiger partial charge in [0.05, 0.1) is 18.0 Å². The molecule has 2 aromatic rings. The summed E-state index contributed by atoms with van der Waals surface area (Å²) in [6.07, 6.45) is 7.32. The minimum Gasteiger partial charge on any atom is -0.352 e. The number of hydrogen-bond donors (Lipinski definition) is 2. The Labute approximate surface area is 149 Å². The van der Waals surface area contributed by atoms with Gasteiger partial charge in [0.15, 0.2) is 0 Å². The summed E-state index contributed by atoms with van der Waals surface area (Å²) >= 11 is 1.67. The number of fused-ring (bicyclic) bond motifs is 3. The lowest BCUT2D eigenvalue weighted by molar-refractivity contribution is -0.125. The second-order valence-corrected chi connectivity index (χ2v) is 8.55. The molecule has 2 aliphatic carbocycles. The molecule has 1 saturated heterocycles. The fraction of sp³-hybridized carbons (Fsp3) is 0.611. The molecule has 1 aliphatic heterocycles. The van der Waals surface area contributed by atoms with Gasteiger partial charge in [-0.3, -0.25) is 14.5 Å². The molecule has 1 saturated carbocycles. The number of rotatable bonds is 4. The number of H-pyrrole nitrogens is 1. The van der Waals surface area contributed by atoms with E-state index < -0.39 is 0 Å². The highest BCUT2D eigenvalue weighted by molar-refractivity contribution is 7.18. The monoisotopic (exact) mass is 358 g/mol. The van der Waals surface area contributed by atoms with E-state index >= 15 is 0 Å². The van der Waals surface area contributed by atoms with Gasteiger partial charge in [0.1, 0.15) is 10.7 Å². The fourth-order valence-corrected chi connectivity index (χ4v) is 5.43. The average Bonchev–Trinajstić information content (AvgIpc) is 2.97. The topological polar surface area (TPSA) is 78.1 Å². The van der Waals surface area contributed by atoms with Gasteiger partial charge in [-0.05, 0) is 57.1 Å². The number of nitrogens with one attached hydrogen (secondary N) is 2. The third-order valence-corrected chi connectivity index (χ3v) is 6.75. The van der Waals surface area contributed by atoms with Gasteiger partial charge in [-0.15, -0.1) is 11.3 Å². The maximum absolute atomic E-state index is 12.6. The van der Waals surface area contributed by atoms with Gasteiger partial charge < -0.3 is 10.3 Å². The van der Waals surface area contributed by atoms with Crippen LogP contribution in [0.15, 0.2) is 4.79 Å². The lowest BCUT2D eigenvalue weighted by Crippen LogP contribution is -2.44. The van der Waals surface area contributed by atoms with Crippen LogP contribution in [0, 0.1) is 0 Å². The molecule has 6 nitrogen and oxygen atoms in total. The van der Waals surface area contributed by atoms with Gasteiger partial charge in [-0.1, -0.05) is 0 Å². The molecule has 1 atom stereocenters. The summed E-state index contributed by atoms with van der Waals surface area (Å²) in [5.74, 6) is 0.821. The predicted molar refractivity (Wildman–Crippen MR) is 96.9 cm³/mol. The van der Waals surface area contributed by atoms with E-state index in [1.165, 1.54) is 10.4 Å². The van der Waals surface area contributed by atoms with E-state index in [2.05, 4.69) is 15.2 Å². The predicted octanol–water partition coefficient (Wildman–Crippen LogP) is 1.72. The molecule has 2 N–H and O–H groups in total. The van der Waals surface area contributed by atoms with E-state index in [0.29, 0.717) is 18.4 Å². The van der Waals surface area contributed by atoms with Crippen molar-refractivity contribution >= 4 is 27.5 Å². The molecule has 0 aromatic carbocycles. The quantitative estimate of drug-likeness (QED) is 0.872. The van der Waals surface area contributed by atoms with E-state index in [-0.39, 0.29) is 17.5 Å². The Morgan fingerprint density at radius 1 is 1.28 bits per heavy atom. The molecule has 0 spiro atoms. The standard InChI is InChI=1S/C18H22N4O2S/c23-16(19-10-6-7-10)12-4-2-8-22(12)9-14-20-17(24)15-11-3-1-5-13(11)25-18(15)21-14/h10,12H,1-9H2,(H,19,23)(H,20,21,24). The van der Waals surface area contributed by atoms with Crippen molar-refractivity contribution in [2.45, 2.75) is 63.6 Å². The molecule has 25 heavy (non-hydrogen) atoms. The number of aryl methyl sites for hydroxylation is 2. The van der Waals surface area contributed by atoms with E-state index in [9.17, 15) is 9.59 Å². The Morgan fingerprint density at radius 3 is 3.00 bits per heavy atom. The zero-order chi connectivity index (χ0) is 17.0. The van der Waals surface area contributed by atoms with Gasteiger partial charge in [-0.2, -0.15) is 0 Å². The number of hydrogen-bond acceptors (Lipinski definition) is 5. The van der Waals surface area contributed by atoms with Crippen LogP contribution in [0.3, 0.4) is 0 Å². The Balaban J connectivity index is 1.39. The van der Waals surface area contributed by atoms with Crippen LogP contribution < -0.4 is 10.9 Å². The van der Waals surface area contributed by atoms with Crippen LogP contribution in [0.4, 0.5) is 0 Å². The lowest BCUT2D eigenvalue weighted by Gasteiger charge is -2.23. The zero-order valence-corrected chi connectivity index (χ0v) is 15.0. The molecule has 2 aromatic heterocycles. The first-order valence-electron chi connectivity index (χ1n) is 9.27. The number of thiophene rings is 1. The third kappa shape index (κ3) is 2.79. The van der Waals surface area contributed by atoms with Gasteiger partial charge in [0, 0.05) is 10.9 Å². The van der Waals surface area contributed by atoms with Crippen LogP contribution in [-0.4, -0.2) is 39.4 Å². The highest BCUT2D eigenvalue weighted by Crippen LogP contribution is 2.34. The number of aromatic nitrogens is 2. The number of carbonyl (C=O) groups excluding carboxylic acids is 1. The zero-order valence-electron chi connectivity index (χ0n) is 14.1. The van der Waals surface area contributed by atoms with Gasteiger partial charge in [-0.25, -0.2) is 4.98 Å². The van der Waals surface area contributed by atoms with Crippen LogP contribution in [-0.2, 0) is 24.2 Å². The summed E-state index contributed by atoms with van der Waals surface area (Å²) in [5.41, 5.74) is 1.20. The molecular weight excluding hydrogens is 336 g/mol. The number of aromatic amines is 1. The molecule has 5 rings (SSSR count). The van der Waals surface area contributed by atoms with Crippen LogP contribution in [0.2, 0.25) is 0 Å². The van der Waals surface area contributed by atoms with Crippen molar-refractivity contribution in [3.63, 3.8) is 0 Å². The molecule has 3 heterocycles. The van der Waals surface area contributed by atoms with Crippen molar-refractivity contribution in [2.24, 2.45) is 0 Å². The van der Waals surface area contributed by atoms with E-state index in [4.69, 9.17) is 4.98 Å². The first kappa shape index (κ1) is 15.5. The molecule has 2 fully saturated rings. The Hall–Kier alpha value is -1.73. The van der Waals surface area contributed by atoms with Crippen molar-refractivity contribution in [1.29, 1.82) is 0 Å². The van der Waals surface area contributed by atoms with Crippen LogP contribution in [0.5, 0.6) is 0 Å². The van der Waals surface area contributed by atoms with Crippen molar-refractivity contribution < 1.29 is 4.79 Å². The molecule has 0 bridgehead atoms. The summed E-state index contributed by atoms with van der Waals surface area (Å²) in [7, 11) is 0. The smallest absolute Gasteiger partial charge is 0.259 e. The molecule has 3 aliphatic rings. The SMILES string of the molecule is O=C(NC1CC1)C1CCCN1Cc1nc2sc3c(c2c(=O)[nH]1)CCC3. The van der Waals surface area contributed by atoms with Crippen LogP contribution >= 0.6 is 11.3 Å². The highest BCUT2D eigenvalue weighted by atomic mass is 32.1. The van der Waals surface area contributed by atoms with Crippen molar-refractivity contribution in [1.82, 2.24) is 20.2 Å². The molecule has 1 amide bonds. The molecule has 7 heteroatoms. The summed E-state index contributed by atoms with van der Waals surface area (Å²) < 4.78 is 0. The molecular formula is C18H22N4O2S. The molecule has 132 valence electrons. The van der Waals surface area contributed by atoms with E-state index in [1.807, 2.05) is 0 Å². The summed E-state index contributed by atoms with van der Waals surface area (Å²) in [4.78, 5) is 37.0. The summed E-state index contributed by atoms with van der Waals surface area (Å²) in [6, 6.07) is 0.299. The maximum atomic E-state index is 12.6. The first-order valence-corrected chi connectivity index (χ1v) is 10.1. The Bertz CT molecular complexity index is 898. The lowest BCUT2D eigenvalue weighted by atomic mass is 10.2. The largest absolute Gasteiger partial charge is 0.352 e. The highest BCUT2D eigenvalue weighted by Gasteiger charge is 2.34. The van der Waals surface area contributed by atoms with E-state index in [1.54, 1.807) is 11.3 Å². The first-order chi connectivity index (χ1) is 12.2. The van der Waals surface area contributed by atoms with Crippen LogP contribution in [0.1, 0.15) is 48.4 Å². The van der Waals surface area contributed by atoms with Gasteiger partial charge in [0.2, 0.25) is 5.91 Å². The number of carbonyl (C=O) groups is 1. The minimum absolute atomic E-state index is 0.0161. The van der Waals surface area contributed by atoms with E-state index in [0.717, 1.165) is 61.7 Å². The maximum Gasteiger partial charge on any atom is 0.259 e. The number of amides is 1. The second kappa shape index (κ2) is 5.92. The summed E-state index contributed by atoms with van der Waals surface area (Å²) in [6.45, 7) is 1.42. The number of likely N-dealkylation sites (tertiary alicyclic amines) is 1. The summed E-state index contributed by atoms with van der Waals surface area (Å²) in [5, 5.41) is 3.90. The van der Waals surface area contributed by atoms with Crippen molar-refractivity contribution in [3.8, 4) is 0 Å².